The first-order chi connectivity index (χ1) is 14.5. The van der Waals surface area contributed by atoms with Crippen molar-refractivity contribution >= 4 is 17.1 Å². The van der Waals surface area contributed by atoms with E-state index in [1.165, 1.54) is 6.07 Å². The summed E-state index contributed by atoms with van der Waals surface area (Å²) in [5, 5.41) is 0. The summed E-state index contributed by atoms with van der Waals surface area (Å²) in [7, 11) is 0. The van der Waals surface area contributed by atoms with Crippen LogP contribution >= 0.6 is 0 Å². The van der Waals surface area contributed by atoms with Gasteiger partial charge in [-0.2, -0.15) is 13.2 Å². The second kappa shape index (κ2) is 8.49. The maximum atomic E-state index is 13.8. The third kappa shape index (κ3) is 5.28. The van der Waals surface area contributed by atoms with Crippen LogP contribution < -0.4 is 10.5 Å². The minimum absolute atomic E-state index is 0.104. The highest BCUT2D eigenvalue weighted by atomic mass is 19.4. The number of rotatable bonds is 7. The summed E-state index contributed by atoms with van der Waals surface area (Å²) < 4.78 is 52.2. The fraction of sp³-hybridized carbons (Fsp3) is 0.364. The second-order valence-electron chi connectivity index (χ2n) is 8.06. The van der Waals surface area contributed by atoms with Gasteiger partial charge in [0.15, 0.2) is 0 Å². The molecule has 0 saturated carbocycles. The number of aromatic amines is 1. The number of benzene rings is 1. The number of pyridine rings is 1. The Balaban J connectivity index is 1.96. The van der Waals surface area contributed by atoms with Crippen LogP contribution in [-0.4, -0.2) is 28.3 Å². The Morgan fingerprint density at radius 1 is 1.23 bits per heavy atom. The van der Waals surface area contributed by atoms with Crippen molar-refractivity contribution < 1.29 is 27.4 Å². The average molecular weight is 435 g/mol. The molecule has 3 aromatic rings. The van der Waals surface area contributed by atoms with Gasteiger partial charge in [-0.3, -0.25) is 4.98 Å². The van der Waals surface area contributed by atoms with Gasteiger partial charge in [-0.15, -0.1) is 0 Å². The molecule has 1 aromatic carbocycles. The van der Waals surface area contributed by atoms with Crippen LogP contribution in [0.4, 0.5) is 18.0 Å². The average Bonchev–Trinajstić information content (AvgIpc) is 3.13. The third-order valence-corrected chi connectivity index (χ3v) is 4.77. The summed E-state index contributed by atoms with van der Waals surface area (Å²) in [6.45, 7) is 5.11. The van der Waals surface area contributed by atoms with E-state index in [1.54, 1.807) is 37.5 Å². The Morgan fingerprint density at radius 3 is 2.61 bits per heavy atom. The van der Waals surface area contributed by atoms with Gasteiger partial charge in [0, 0.05) is 18.0 Å². The van der Waals surface area contributed by atoms with Crippen molar-refractivity contribution in [2.24, 2.45) is 11.7 Å². The number of H-pyrrole nitrogens is 1. The van der Waals surface area contributed by atoms with E-state index in [4.69, 9.17) is 15.2 Å². The maximum Gasteiger partial charge on any atom is 0.419 e. The monoisotopic (exact) mass is 435 g/mol. The quantitative estimate of drug-likeness (QED) is 0.511. The predicted molar refractivity (Wildman–Crippen MR) is 111 cm³/mol. The molecular weight excluding hydrogens is 411 g/mol. The molecule has 3 rings (SSSR count). The van der Waals surface area contributed by atoms with Crippen LogP contribution in [0.3, 0.4) is 0 Å². The molecular formula is C22H24F3N3O3. The molecule has 9 heteroatoms. The fourth-order valence-electron chi connectivity index (χ4n) is 3.71. The summed E-state index contributed by atoms with van der Waals surface area (Å²) >= 11 is 0. The Morgan fingerprint density at radius 2 is 1.97 bits per heavy atom. The van der Waals surface area contributed by atoms with Crippen LogP contribution in [0.1, 0.15) is 32.8 Å². The minimum Gasteiger partial charge on any atom is -0.489 e. The van der Waals surface area contributed by atoms with Crippen molar-refractivity contribution in [3.63, 3.8) is 0 Å². The molecule has 0 aliphatic carbocycles. The minimum atomic E-state index is -4.65. The number of nitrogens with zero attached hydrogens (tertiary/aromatic N) is 1. The summed E-state index contributed by atoms with van der Waals surface area (Å²) in [5.74, 6) is -0.247. The first kappa shape index (κ1) is 22.5. The zero-order chi connectivity index (χ0) is 22.8. The van der Waals surface area contributed by atoms with Gasteiger partial charge in [0.25, 0.3) is 0 Å². The third-order valence-electron chi connectivity index (χ3n) is 4.77. The molecule has 166 valence electrons. The van der Waals surface area contributed by atoms with Gasteiger partial charge in [-0.05, 0) is 49.1 Å². The van der Waals surface area contributed by atoms with E-state index in [0.29, 0.717) is 28.6 Å². The topological polar surface area (TPSA) is 90.2 Å². The standard InChI is InChI=1S/C22H24F3N3O3/c1-13(2)11-21(3,31-20(26)29)12-30-18-5-4-14(10-16(18)22(23,24)25)15-6-8-27-17-7-9-28-19(15)17/h4-10,13,28H,11-12H2,1-3H3,(H2,26,29). The Hall–Kier alpha value is -3.23. The van der Waals surface area contributed by atoms with Gasteiger partial charge in [0.05, 0.1) is 16.6 Å². The van der Waals surface area contributed by atoms with Gasteiger partial charge in [0.2, 0.25) is 0 Å². The van der Waals surface area contributed by atoms with Crippen LogP contribution in [0.5, 0.6) is 5.75 Å². The summed E-state index contributed by atoms with van der Waals surface area (Å²) in [5.41, 5.74) is 5.31. The molecule has 0 spiro atoms. The lowest BCUT2D eigenvalue weighted by molar-refractivity contribution is -0.139. The Labute approximate surface area is 177 Å². The number of ether oxygens (including phenoxy) is 2. The molecule has 2 heterocycles. The van der Waals surface area contributed by atoms with Crippen LogP contribution in [0.25, 0.3) is 22.2 Å². The molecule has 1 unspecified atom stereocenters. The molecule has 31 heavy (non-hydrogen) atoms. The van der Waals surface area contributed by atoms with Gasteiger partial charge in [-0.1, -0.05) is 19.9 Å². The van der Waals surface area contributed by atoms with E-state index in [2.05, 4.69) is 9.97 Å². The molecule has 0 aliphatic heterocycles. The number of primary amides is 1. The van der Waals surface area contributed by atoms with E-state index < -0.39 is 23.4 Å². The first-order valence-electron chi connectivity index (χ1n) is 9.73. The van der Waals surface area contributed by atoms with Gasteiger partial charge < -0.3 is 20.2 Å². The number of hydrogen-bond acceptors (Lipinski definition) is 4. The zero-order valence-corrected chi connectivity index (χ0v) is 17.4. The molecule has 0 radical (unpaired) electrons. The number of hydrogen-bond donors (Lipinski definition) is 2. The lowest BCUT2D eigenvalue weighted by Crippen LogP contribution is -2.41. The van der Waals surface area contributed by atoms with Crippen molar-refractivity contribution in [2.75, 3.05) is 6.61 Å². The van der Waals surface area contributed by atoms with E-state index in [1.807, 2.05) is 13.8 Å². The predicted octanol–water partition coefficient (Wildman–Crippen LogP) is 5.53. The van der Waals surface area contributed by atoms with Crippen LogP contribution in [0.2, 0.25) is 0 Å². The number of amides is 1. The highest BCUT2D eigenvalue weighted by Crippen LogP contribution is 2.40. The highest BCUT2D eigenvalue weighted by Gasteiger charge is 2.37. The Kier molecular flexibility index (Phi) is 6.15. The molecule has 0 fully saturated rings. The highest BCUT2D eigenvalue weighted by molar-refractivity contribution is 5.91. The van der Waals surface area contributed by atoms with Crippen LogP contribution in [0, 0.1) is 5.92 Å². The van der Waals surface area contributed by atoms with Crippen LogP contribution in [-0.2, 0) is 10.9 Å². The molecule has 0 saturated heterocycles. The number of carbonyl (C=O) groups is 1. The number of fused-ring (bicyclic) bond motifs is 1. The summed E-state index contributed by atoms with van der Waals surface area (Å²) in [6.07, 6.45) is -2.06. The summed E-state index contributed by atoms with van der Waals surface area (Å²) in [4.78, 5) is 18.5. The van der Waals surface area contributed by atoms with Crippen molar-refractivity contribution in [3.8, 4) is 16.9 Å². The van der Waals surface area contributed by atoms with Gasteiger partial charge >= 0.3 is 12.3 Å². The van der Waals surface area contributed by atoms with Crippen molar-refractivity contribution in [1.29, 1.82) is 0 Å². The molecule has 1 atom stereocenters. The largest absolute Gasteiger partial charge is 0.489 e. The number of alkyl halides is 3. The SMILES string of the molecule is CC(C)CC(C)(COc1ccc(-c2ccnc3cc[nH]c23)cc1C(F)(F)F)OC(N)=O. The van der Waals surface area contributed by atoms with Crippen LogP contribution in [0.15, 0.2) is 42.7 Å². The molecule has 6 nitrogen and oxygen atoms in total. The van der Waals surface area contributed by atoms with E-state index in [-0.39, 0.29) is 18.3 Å². The van der Waals surface area contributed by atoms with Crippen molar-refractivity contribution in [3.05, 3.63) is 48.3 Å². The lowest BCUT2D eigenvalue weighted by atomic mass is 9.94. The second-order valence-corrected chi connectivity index (χ2v) is 8.06. The smallest absolute Gasteiger partial charge is 0.419 e. The van der Waals surface area contributed by atoms with Gasteiger partial charge in [0.1, 0.15) is 18.0 Å². The molecule has 1 amide bonds. The molecule has 0 aliphatic rings. The lowest BCUT2D eigenvalue weighted by Gasteiger charge is -2.30. The van der Waals surface area contributed by atoms with Gasteiger partial charge in [-0.25, -0.2) is 4.79 Å². The van der Waals surface area contributed by atoms with E-state index >= 15 is 0 Å². The van der Waals surface area contributed by atoms with Crippen molar-refractivity contribution in [1.82, 2.24) is 9.97 Å². The van der Waals surface area contributed by atoms with E-state index in [9.17, 15) is 18.0 Å². The van der Waals surface area contributed by atoms with E-state index in [0.717, 1.165) is 6.07 Å². The Bertz CT molecular complexity index is 1080. The number of aromatic nitrogens is 2. The summed E-state index contributed by atoms with van der Waals surface area (Å²) in [6, 6.07) is 7.26. The number of nitrogens with one attached hydrogen (secondary N) is 1. The molecule has 0 bridgehead atoms. The number of nitrogens with two attached hydrogens (primary N) is 1. The zero-order valence-electron chi connectivity index (χ0n) is 17.4. The van der Waals surface area contributed by atoms with Crippen molar-refractivity contribution in [2.45, 2.75) is 39.0 Å². The molecule has 3 N–H and O–H groups in total. The number of halogens is 3. The normalized spacial score (nSPS) is 13.9. The molecule has 2 aromatic heterocycles. The first-order valence-corrected chi connectivity index (χ1v) is 9.73. The fourth-order valence-corrected chi connectivity index (χ4v) is 3.71. The number of carbonyl (C=O) groups excluding carboxylic acids is 1. The maximum absolute atomic E-state index is 13.8.